The summed E-state index contributed by atoms with van der Waals surface area (Å²) in [5.41, 5.74) is 12.3. The molecule has 0 saturated heterocycles. The van der Waals surface area contributed by atoms with Crippen LogP contribution in [0.4, 0.5) is 0 Å². The lowest BCUT2D eigenvalue weighted by molar-refractivity contribution is 0.740. The van der Waals surface area contributed by atoms with Gasteiger partial charge < -0.3 is 0 Å². The molecule has 0 fully saturated rings. The second-order valence-corrected chi connectivity index (χ2v) is 10.3. The van der Waals surface area contributed by atoms with Gasteiger partial charge in [0.1, 0.15) is 0 Å². The first kappa shape index (κ1) is 38.5. The third kappa shape index (κ3) is 15.9. The first-order valence-electron chi connectivity index (χ1n) is 13.8. The number of H-pyrrole nitrogens is 3. The van der Waals surface area contributed by atoms with E-state index in [0.717, 1.165) is 23.6 Å². The molecule has 3 N–H and O–H groups in total. The molecule has 1 aliphatic rings. The van der Waals surface area contributed by atoms with E-state index in [1.165, 1.54) is 39.1 Å². The lowest BCUT2D eigenvalue weighted by Crippen LogP contribution is -1.90. The van der Waals surface area contributed by atoms with Crippen LogP contribution in [-0.4, -0.2) is 62.9 Å². The van der Waals surface area contributed by atoms with Gasteiger partial charge in [-0.05, 0) is 109 Å². The van der Waals surface area contributed by atoms with Crippen LogP contribution in [-0.2, 0) is 14.1 Å². The van der Waals surface area contributed by atoms with Crippen LogP contribution >= 0.6 is 0 Å². The van der Waals surface area contributed by atoms with Gasteiger partial charge in [-0.1, -0.05) is 7.43 Å². The van der Waals surface area contributed by atoms with Crippen LogP contribution in [0.1, 0.15) is 66.3 Å². The molecule has 5 aromatic rings. The Balaban J connectivity index is 0.000000490. The maximum absolute atomic E-state index is 4.05. The third-order valence-electron chi connectivity index (χ3n) is 6.43. The Labute approximate surface area is 258 Å². The van der Waals surface area contributed by atoms with Crippen molar-refractivity contribution in [3.63, 3.8) is 0 Å². The molecule has 0 radical (unpaired) electrons. The third-order valence-corrected chi connectivity index (χ3v) is 6.43. The Bertz CT molecular complexity index is 1250. The van der Waals surface area contributed by atoms with E-state index >= 15 is 0 Å². The van der Waals surface area contributed by atoms with Crippen molar-refractivity contribution in [1.29, 1.82) is 0 Å². The van der Waals surface area contributed by atoms with Crippen molar-refractivity contribution < 1.29 is 0 Å². The highest BCUT2D eigenvalue weighted by Crippen LogP contribution is 2.06. The highest BCUT2D eigenvalue weighted by Gasteiger charge is 1.97. The number of aromatic amines is 3. The van der Waals surface area contributed by atoms with E-state index in [2.05, 4.69) is 59.6 Å². The summed E-state index contributed by atoms with van der Waals surface area (Å²) in [6.45, 7) is 21.3. The summed E-state index contributed by atoms with van der Waals surface area (Å²) in [5, 5.41) is 27.7. The highest BCUT2D eigenvalue weighted by molar-refractivity contribution is 5.81. The average Bonchev–Trinajstić information content (AvgIpc) is 3.81. The summed E-state index contributed by atoms with van der Waals surface area (Å²) < 4.78 is 3.62. The topological polar surface area (TPSA) is 134 Å². The van der Waals surface area contributed by atoms with Gasteiger partial charge in [-0.25, -0.2) is 0 Å². The molecule has 0 bridgehead atoms. The van der Waals surface area contributed by atoms with Crippen LogP contribution in [0.5, 0.6) is 0 Å². The van der Waals surface area contributed by atoms with Gasteiger partial charge in [-0.15, -0.1) is 0 Å². The molecule has 0 aliphatic carbocycles. The molecular formula is C32H53N11. The van der Waals surface area contributed by atoms with E-state index < -0.39 is 0 Å². The minimum atomic E-state index is 0. The molecule has 0 amide bonds. The molecule has 11 heteroatoms. The monoisotopic (exact) mass is 591 g/mol. The molecule has 0 spiro atoms. The van der Waals surface area contributed by atoms with Crippen LogP contribution in [0.15, 0.2) is 59.4 Å². The Morgan fingerprint density at radius 3 is 1.21 bits per heavy atom. The van der Waals surface area contributed by atoms with Gasteiger partial charge >= 0.3 is 0 Å². The van der Waals surface area contributed by atoms with Crippen LogP contribution in [0.2, 0.25) is 0 Å². The first-order valence-corrected chi connectivity index (χ1v) is 13.8. The number of rotatable bonds is 0. The van der Waals surface area contributed by atoms with E-state index in [-0.39, 0.29) is 7.43 Å². The fourth-order valence-electron chi connectivity index (χ4n) is 2.77. The van der Waals surface area contributed by atoms with E-state index in [4.69, 9.17) is 0 Å². The predicted molar refractivity (Wildman–Crippen MR) is 179 cm³/mol. The van der Waals surface area contributed by atoms with Crippen molar-refractivity contribution in [2.75, 3.05) is 6.54 Å². The van der Waals surface area contributed by atoms with Gasteiger partial charge in [0.25, 0.3) is 0 Å². The Morgan fingerprint density at radius 1 is 0.651 bits per heavy atom. The maximum Gasteiger partial charge on any atom is 0.0603 e. The van der Waals surface area contributed by atoms with Crippen molar-refractivity contribution in [1.82, 2.24) is 50.2 Å². The van der Waals surface area contributed by atoms with E-state index in [1.54, 1.807) is 10.9 Å². The van der Waals surface area contributed by atoms with Gasteiger partial charge in [0, 0.05) is 55.5 Å². The Hall–Kier alpha value is -4.54. The van der Waals surface area contributed by atoms with Crippen molar-refractivity contribution in [3.05, 3.63) is 99.4 Å². The summed E-state index contributed by atoms with van der Waals surface area (Å²) in [7, 11) is 3.84. The summed E-state index contributed by atoms with van der Waals surface area (Å²) in [4.78, 5) is 4.05. The Kier molecular flexibility index (Phi) is 18.2. The molecule has 43 heavy (non-hydrogen) atoms. The molecule has 0 saturated carbocycles. The predicted octanol–water partition coefficient (Wildman–Crippen LogP) is 6.58. The number of nitrogens with zero attached hydrogens (tertiary/aromatic N) is 8. The molecule has 0 atom stereocenters. The lowest BCUT2D eigenvalue weighted by atomic mass is 10.2. The number of hydrogen-bond donors (Lipinski definition) is 3. The summed E-state index contributed by atoms with van der Waals surface area (Å²) in [6.07, 6.45) is 13.0. The molecular weight excluding hydrogens is 538 g/mol. The fourth-order valence-corrected chi connectivity index (χ4v) is 2.77. The number of aryl methyl sites for hydroxylation is 10. The average molecular weight is 592 g/mol. The zero-order valence-corrected chi connectivity index (χ0v) is 27.4. The second kappa shape index (κ2) is 20.4. The van der Waals surface area contributed by atoms with E-state index in [9.17, 15) is 0 Å². The van der Waals surface area contributed by atoms with Crippen LogP contribution < -0.4 is 0 Å². The summed E-state index contributed by atoms with van der Waals surface area (Å²) in [5.74, 6) is 0. The van der Waals surface area contributed by atoms with Crippen molar-refractivity contribution >= 4 is 6.21 Å². The second-order valence-electron chi connectivity index (χ2n) is 10.3. The normalized spacial score (nSPS) is 10.8. The number of aliphatic imine (C=N–C) groups is 1. The van der Waals surface area contributed by atoms with Crippen molar-refractivity contribution in [3.8, 4) is 0 Å². The van der Waals surface area contributed by atoms with Gasteiger partial charge in [-0.3, -0.25) is 29.7 Å². The highest BCUT2D eigenvalue weighted by atomic mass is 15.2. The first-order chi connectivity index (χ1) is 19.8. The largest absolute Gasteiger partial charge is 0.288 e. The molecule has 236 valence electrons. The van der Waals surface area contributed by atoms with Crippen molar-refractivity contribution in [2.24, 2.45) is 19.1 Å². The zero-order valence-electron chi connectivity index (χ0n) is 27.4. The minimum absolute atomic E-state index is 0. The smallest absolute Gasteiger partial charge is 0.0603 e. The van der Waals surface area contributed by atoms with Gasteiger partial charge in [0.2, 0.25) is 0 Å². The SMILES string of the molecule is C.CC1=C(C)CN=C1.Cc1ccnn1C.Cc1cn[nH]c1C.Cc1cn[nH]c1C.Cc1cn[nH]c1C.Cc1cnn(C)c1. The molecule has 11 nitrogen and oxygen atoms in total. The molecule has 1 aliphatic heterocycles. The zero-order chi connectivity index (χ0) is 31.7. The molecule has 6 rings (SSSR count). The van der Waals surface area contributed by atoms with Crippen LogP contribution in [0.25, 0.3) is 0 Å². The maximum atomic E-state index is 4.05. The minimum Gasteiger partial charge on any atom is -0.288 e. The summed E-state index contributed by atoms with van der Waals surface area (Å²) in [6, 6.07) is 1.97. The number of allylic oxidation sites excluding steroid dienone is 1. The lowest BCUT2D eigenvalue weighted by Gasteiger charge is -1.87. The summed E-state index contributed by atoms with van der Waals surface area (Å²) >= 11 is 0. The fraction of sp³-hybridized carbons (Fsp3) is 0.438. The van der Waals surface area contributed by atoms with Crippen LogP contribution in [0.3, 0.4) is 0 Å². The standard InChI is InChI=1S/C6H9N.5C5H8N2.CH4/c1-5-3-7-4-6(5)2;1-5-3-6-7(2)4-5;1-5-3-4-6-7(5)2;3*1-4-3-6-7-5(4)2;/h3H,4H2,1-2H3;2*3-4H,1-2H3;3*3H,1-2H3,(H,6,7);1H4. The number of aromatic nitrogens is 10. The van der Waals surface area contributed by atoms with Crippen LogP contribution in [0, 0.1) is 55.4 Å². The number of hydrogen-bond acceptors (Lipinski definition) is 6. The van der Waals surface area contributed by atoms with Gasteiger partial charge in [-0.2, -0.15) is 25.5 Å². The van der Waals surface area contributed by atoms with Crippen molar-refractivity contribution in [2.45, 2.75) is 76.7 Å². The molecule has 0 aromatic carbocycles. The molecule has 0 unspecified atom stereocenters. The van der Waals surface area contributed by atoms with E-state index in [0.29, 0.717) is 0 Å². The van der Waals surface area contributed by atoms with Gasteiger partial charge in [0.15, 0.2) is 0 Å². The molecule has 6 heterocycles. The van der Waals surface area contributed by atoms with Gasteiger partial charge in [0.05, 0.1) is 31.3 Å². The number of nitrogens with one attached hydrogen (secondary N) is 3. The Morgan fingerprint density at radius 2 is 1.12 bits per heavy atom. The van der Waals surface area contributed by atoms with E-state index in [1.807, 2.05) is 117 Å². The quantitative estimate of drug-likeness (QED) is 0.187. The molecule has 5 aromatic heterocycles.